The second-order valence-electron chi connectivity index (χ2n) is 6.95. The van der Waals surface area contributed by atoms with Crippen molar-refractivity contribution in [3.63, 3.8) is 0 Å². The quantitative estimate of drug-likeness (QED) is 0.500. The topological polar surface area (TPSA) is 73.7 Å². The van der Waals surface area contributed by atoms with E-state index in [-0.39, 0.29) is 11.3 Å². The van der Waals surface area contributed by atoms with Crippen LogP contribution in [0.15, 0.2) is 54.4 Å². The van der Waals surface area contributed by atoms with Gasteiger partial charge >= 0.3 is 0 Å². The zero-order valence-corrected chi connectivity index (χ0v) is 15.7. The first-order valence-corrected chi connectivity index (χ1v) is 8.80. The Labute approximate surface area is 158 Å². The Morgan fingerprint density at radius 1 is 1.19 bits per heavy atom. The standard InChI is InChI=1S/C21H23N3O3/c1-14-5-4-6-16(13-14)18-17(19(25)15-7-9-22-10-8-15)20(26)21(27)24(18)12-11-23(2)3/h4-10,13,18,25H,11-12H2,1-3H3/b19-17-. The number of carbonyl (C=O) groups is 2. The van der Waals surface area contributed by atoms with Crippen LogP contribution in [0.3, 0.4) is 0 Å². The number of aliphatic hydroxyl groups is 1. The largest absolute Gasteiger partial charge is 0.507 e. The third-order valence-corrected chi connectivity index (χ3v) is 4.64. The molecule has 3 rings (SSSR count). The van der Waals surface area contributed by atoms with Gasteiger partial charge in [-0.15, -0.1) is 0 Å². The van der Waals surface area contributed by atoms with Crippen molar-refractivity contribution in [3.05, 3.63) is 71.1 Å². The summed E-state index contributed by atoms with van der Waals surface area (Å²) in [5.74, 6) is -1.41. The number of hydrogen-bond acceptors (Lipinski definition) is 5. The van der Waals surface area contributed by atoms with E-state index in [1.807, 2.05) is 50.2 Å². The molecule has 0 radical (unpaired) electrons. The second kappa shape index (κ2) is 7.72. The number of aliphatic hydroxyl groups excluding tert-OH is 1. The molecule has 1 N–H and O–H groups in total. The number of likely N-dealkylation sites (tertiary alicyclic amines) is 1. The minimum atomic E-state index is -0.658. The van der Waals surface area contributed by atoms with Crippen LogP contribution < -0.4 is 0 Å². The third-order valence-electron chi connectivity index (χ3n) is 4.64. The lowest BCUT2D eigenvalue weighted by molar-refractivity contribution is -0.140. The van der Waals surface area contributed by atoms with Gasteiger partial charge in [-0.3, -0.25) is 14.6 Å². The maximum atomic E-state index is 12.8. The molecule has 0 aliphatic carbocycles. The van der Waals surface area contributed by atoms with E-state index in [1.54, 1.807) is 29.4 Å². The summed E-state index contributed by atoms with van der Waals surface area (Å²) in [5.41, 5.74) is 2.42. The number of amides is 1. The van der Waals surface area contributed by atoms with Crippen LogP contribution in [-0.4, -0.2) is 58.8 Å². The van der Waals surface area contributed by atoms with Crippen LogP contribution in [0.4, 0.5) is 0 Å². The number of benzene rings is 1. The van der Waals surface area contributed by atoms with Crippen molar-refractivity contribution in [2.24, 2.45) is 0 Å². The summed E-state index contributed by atoms with van der Waals surface area (Å²) in [6.07, 6.45) is 3.08. The van der Waals surface area contributed by atoms with Crippen molar-refractivity contribution in [3.8, 4) is 0 Å². The molecule has 6 heteroatoms. The summed E-state index contributed by atoms with van der Waals surface area (Å²) in [5, 5.41) is 10.8. The van der Waals surface area contributed by atoms with Crippen molar-refractivity contribution < 1.29 is 14.7 Å². The molecule has 2 aromatic rings. The van der Waals surface area contributed by atoms with Gasteiger partial charge in [-0.2, -0.15) is 0 Å². The van der Waals surface area contributed by atoms with Gasteiger partial charge in [0.25, 0.3) is 11.7 Å². The first-order valence-electron chi connectivity index (χ1n) is 8.80. The SMILES string of the molecule is Cc1cccc(C2/C(=C(/O)c3ccncc3)C(=O)C(=O)N2CCN(C)C)c1. The number of rotatable bonds is 5. The Kier molecular flexibility index (Phi) is 5.37. The minimum Gasteiger partial charge on any atom is -0.507 e. The molecule has 1 aliphatic heterocycles. The minimum absolute atomic E-state index is 0.121. The molecule has 0 spiro atoms. The zero-order chi connectivity index (χ0) is 19.6. The summed E-state index contributed by atoms with van der Waals surface area (Å²) < 4.78 is 0. The molecule has 1 amide bonds. The van der Waals surface area contributed by atoms with E-state index in [0.29, 0.717) is 18.7 Å². The molecule has 1 unspecified atom stereocenters. The van der Waals surface area contributed by atoms with Crippen LogP contribution in [0.1, 0.15) is 22.7 Å². The van der Waals surface area contributed by atoms with Crippen molar-refractivity contribution >= 4 is 17.4 Å². The van der Waals surface area contributed by atoms with Crippen molar-refractivity contribution in [1.82, 2.24) is 14.8 Å². The molecule has 1 aromatic heterocycles. The monoisotopic (exact) mass is 365 g/mol. The number of likely N-dealkylation sites (N-methyl/N-ethyl adjacent to an activating group) is 1. The number of ketones is 1. The van der Waals surface area contributed by atoms with E-state index in [9.17, 15) is 14.7 Å². The van der Waals surface area contributed by atoms with Gasteiger partial charge in [-0.1, -0.05) is 29.8 Å². The lowest BCUT2D eigenvalue weighted by Gasteiger charge is -2.26. The van der Waals surface area contributed by atoms with E-state index in [0.717, 1.165) is 11.1 Å². The van der Waals surface area contributed by atoms with Gasteiger partial charge in [0, 0.05) is 31.0 Å². The van der Waals surface area contributed by atoms with Gasteiger partial charge < -0.3 is 14.9 Å². The second-order valence-corrected chi connectivity index (χ2v) is 6.95. The van der Waals surface area contributed by atoms with E-state index < -0.39 is 17.7 Å². The fourth-order valence-corrected chi connectivity index (χ4v) is 3.27. The molecule has 0 saturated carbocycles. The highest BCUT2D eigenvalue weighted by Crippen LogP contribution is 2.39. The maximum absolute atomic E-state index is 12.8. The molecule has 0 bridgehead atoms. The van der Waals surface area contributed by atoms with Gasteiger partial charge in [-0.05, 0) is 38.7 Å². The van der Waals surface area contributed by atoms with E-state index in [4.69, 9.17) is 0 Å². The van der Waals surface area contributed by atoms with Crippen LogP contribution in [0.25, 0.3) is 5.76 Å². The molecule has 1 saturated heterocycles. The third kappa shape index (κ3) is 3.75. The summed E-state index contributed by atoms with van der Waals surface area (Å²) in [6.45, 7) is 2.96. The first kappa shape index (κ1) is 18.8. The lowest BCUT2D eigenvalue weighted by Crippen LogP contribution is -2.35. The van der Waals surface area contributed by atoms with Crippen LogP contribution in [-0.2, 0) is 9.59 Å². The Bertz CT molecular complexity index is 891. The van der Waals surface area contributed by atoms with Crippen molar-refractivity contribution in [2.45, 2.75) is 13.0 Å². The van der Waals surface area contributed by atoms with E-state index in [1.165, 1.54) is 0 Å². The molecule has 2 heterocycles. The zero-order valence-electron chi connectivity index (χ0n) is 15.7. The van der Waals surface area contributed by atoms with Gasteiger partial charge in [-0.25, -0.2) is 0 Å². The molecular weight excluding hydrogens is 342 g/mol. The lowest BCUT2D eigenvalue weighted by atomic mass is 9.94. The highest BCUT2D eigenvalue weighted by molar-refractivity contribution is 6.46. The molecule has 1 aromatic carbocycles. The van der Waals surface area contributed by atoms with Crippen molar-refractivity contribution in [2.75, 3.05) is 27.2 Å². The van der Waals surface area contributed by atoms with Crippen LogP contribution in [0.2, 0.25) is 0 Å². The van der Waals surface area contributed by atoms with Gasteiger partial charge in [0.15, 0.2) is 0 Å². The van der Waals surface area contributed by atoms with Crippen LogP contribution in [0.5, 0.6) is 0 Å². The highest BCUT2D eigenvalue weighted by atomic mass is 16.3. The normalized spacial score (nSPS) is 19.1. The maximum Gasteiger partial charge on any atom is 0.295 e. The Morgan fingerprint density at radius 2 is 1.89 bits per heavy atom. The van der Waals surface area contributed by atoms with Gasteiger partial charge in [0.1, 0.15) is 5.76 Å². The molecule has 27 heavy (non-hydrogen) atoms. The predicted octanol–water partition coefficient (Wildman–Crippen LogP) is 2.37. The molecule has 1 aliphatic rings. The molecular formula is C21H23N3O3. The molecule has 6 nitrogen and oxygen atoms in total. The number of pyridine rings is 1. The van der Waals surface area contributed by atoms with Gasteiger partial charge in [0.05, 0.1) is 11.6 Å². The Hall–Kier alpha value is -2.99. The Morgan fingerprint density at radius 3 is 2.52 bits per heavy atom. The first-order chi connectivity index (χ1) is 12.9. The average molecular weight is 365 g/mol. The number of aromatic nitrogens is 1. The molecule has 1 atom stereocenters. The number of carbonyl (C=O) groups excluding carboxylic acids is 2. The number of aryl methyl sites for hydroxylation is 1. The smallest absolute Gasteiger partial charge is 0.295 e. The fraction of sp³-hybridized carbons (Fsp3) is 0.286. The number of nitrogens with zero attached hydrogens (tertiary/aromatic N) is 3. The summed E-state index contributed by atoms with van der Waals surface area (Å²) in [6, 6.07) is 10.3. The van der Waals surface area contributed by atoms with Gasteiger partial charge in [0.2, 0.25) is 0 Å². The predicted molar refractivity (Wildman–Crippen MR) is 103 cm³/mol. The van der Waals surface area contributed by atoms with Crippen LogP contribution >= 0.6 is 0 Å². The molecule has 140 valence electrons. The highest BCUT2D eigenvalue weighted by Gasteiger charge is 2.45. The molecule has 1 fully saturated rings. The average Bonchev–Trinajstić information content (AvgIpc) is 2.91. The fourth-order valence-electron chi connectivity index (χ4n) is 3.27. The van der Waals surface area contributed by atoms with Crippen LogP contribution in [0, 0.1) is 6.92 Å². The summed E-state index contributed by atoms with van der Waals surface area (Å²) >= 11 is 0. The summed E-state index contributed by atoms with van der Waals surface area (Å²) in [7, 11) is 3.82. The van der Waals surface area contributed by atoms with E-state index >= 15 is 0 Å². The summed E-state index contributed by atoms with van der Waals surface area (Å²) in [4.78, 5) is 33.0. The Balaban J connectivity index is 2.15. The van der Waals surface area contributed by atoms with Crippen molar-refractivity contribution in [1.29, 1.82) is 0 Å². The number of Topliss-reactive ketones (excluding diaryl/α,β-unsaturated/α-hetero) is 1. The number of hydrogen-bond donors (Lipinski definition) is 1. The van der Waals surface area contributed by atoms with E-state index in [2.05, 4.69) is 4.98 Å².